The maximum Gasteiger partial charge on any atom is 0.253 e. The molecule has 36 heavy (non-hydrogen) atoms. The van der Waals surface area contributed by atoms with E-state index < -0.39 is 5.60 Å². The van der Waals surface area contributed by atoms with Crippen molar-refractivity contribution >= 4 is 11.8 Å². The van der Waals surface area contributed by atoms with E-state index in [0.29, 0.717) is 38.0 Å². The van der Waals surface area contributed by atoms with Crippen LogP contribution >= 0.6 is 0 Å². The molecule has 5 rings (SSSR count). The van der Waals surface area contributed by atoms with E-state index in [-0.39, 0.29) is 19.3 Å². The molecule has 0 aliphatic carbocycles. The van der Waals surface area contributed by atoms with Gasteiger partial charge in [-0.15, -0.1) is 0 Å². The number of rotatable bonds is 5. The Hall–Kier alpha value is -3.74. The summed E-state index contributed by atoms with van der Waals surface area (Å²) in [5, 5.41) is 2.92. The first kappa shape index (κ1) is 24.0. The number of benzene rings is 2. The summed E-state index contributed by atoms with van der Waals surface area (Å²) in [5.74, 6) is 1.60. The van der Waals surface area contributed by atoms with Crippen LogP contribution in [0.25, 0.3) is 5.69 Å². The fourth-order valence-electron chi connectivity index (χ4n) is 5.24. The second kappa shape index (κ2) is 9.37. The molecule has 0 atom stereocenters. The summed E-state index contributed by atoms with van der Waals surface area (Å²) in [6.45, 7) is 9.12. The minimum Gasteiger partial charge on any atom is -0.491 e. The van der Waals surface area contributed by atoms with E-state index in [1.165, 1.54) is 6.92 Å². The Kier molecular flexibility index (Phi) is 6.24. The molecule has 2 aliphatic rings. The first-order valence-corrected chi connectivity index (χ1v) is 12.6. The molecule has 0 saturated carbocycles. The van der Waals surface area contributed by atoms with Gasteiger partial charge in [0.2, 0.25) is 5.91 Å². The molecule has 1 N–H and O–H groups in total. The Bertz CT molecular complexity index is 1310. The summed E-state index contributed by atoms with van der Waals surface area (Å²) >= 11 is 0. The number of likely N-dealkylation sites (tertiary alicyclic amines) is 1. The van der Waals surface area contributed by atoms with Gasteiger partial charge < -0.3 is 24.3 Å². The van der Waals surface area contributed by atoms with Gasteiger partial charge in [0.05, 0.1) is 24.0 Å². The molecule has 1 fully saturated rings. The topological polar surface area (TPSA) is 72.8 Å². The van der Waals surface area contributed by atoms with Crippen molar-refractivity contribution in [1.29, 1.82) is 0 Å². The molecule has 2 amide bonds. The number of hydrogen-bond donors (Lipinski definition) is 1. The van der Waals surface area contributed by atoms with E-state index in [4.69, 9.17) is 9.47 Å². The normalized spacial score (nSPS) is 15.8. The van der Waals surface area contributed by atoms with Crippen LogP contribution in [0.3, 0.4) is 0 Å². The summed E-state index contributed by atoms with van der Waals surface area (Å²) in [7, 11) is 0. The molecule has 0 radical (unpaired) electrons. The van der Waals surface area contributed by atoms with Crippen LogP contribution in [-0.2, 0) is 16.9 Å². The lowest BCUT2D eigenvalue weighted by molar-refractivity contribution is -0.119. The number of nitrogens with one attached hydrogen (secondary N) is 1. The van der Waals surface area contributed by atoms with Gasteiger partial charge in [0, 0.05) is 45.5 Å². The Morgan fingerprint density at radius 2 is 1.86 bits per heavy atom. The molecule has 7 nitrogen and oxygen atoms in total. The fourth-order valence-corrected chi connectivity index (χ4v) is 5.24. The number of ether oxygens (including phenoxy) is 2. The molecule has 7 heteroatoms. The van der Waals surface area contributed by atoms with E-state index in [1.54, 1.807) is 0 Å². The second-order valence-electron chi connectivity index (χ2n) is 9.96. The van der Waals surface area contributed by atoms with Crippen molar-refractivity contribution in [3.8, 4) is 17.2 Å². The standard InChI is InChI=1S/C29H33N3O4.H2/c1-19(2)35-25-11-9-22(17-20(25)3)28(34)31-15-13-29(14-16-31)27-12-10-23(18-30-21(4)33)32(27)24-7-5-6-8-26(24)36-29;/h5-12,17,19H,13-16,18H2,1-4H3,(H,30,33);1H. The number of aromatic nitrogens is 1. The summed E-state index contributed by atoms with van der Waals surface area (Å²) in [4.78, 5) is 26.8. The lowest BCUT2D eigenvalue weighted by atomic mass is 9.86. The average molecular weight is 490 g/mol. The number of carbonyl (C=O) groups excluding carboxylic acids is 2. The number of carbonyl (C=O) groups is 2. The van der Waals surface area contributed by atoms with Gasteiger partial charge in [0.15, 0.2) is 5.60 Å². The van der Waals surface area contributed by atoms with Gasteiger partial charge in [0.25, 0.3) is 5.91 Å². The molecule has 190 valence electrons. The van der Waals surface area contributed by atoms with Gasteiger partial charge in [-0.25, -0.2) is 0 Å². The van der Waals surface area contributed by atoms with Crippen molar-refractivity contribution in [2.24, 2.45) is 0 Å². The first-order chi connectivity index (χ1) is 17.3. The number of amides is 2. The maximum absolute atomic E-state index is 13.4. The number of fused-ring (bicyclic) bond motifs is 4. The average Bonchev–Trinajstić information content (AvgIpc) is 3.29. The highest BCUT2D eigenvalue weighted by molar-refractivity contribution is 5.94. The number of nitrogens with zero attached hydrogens (tertiary/aromatic N) is 2. The minimum atomic E-state index is -0.523. The minimum absolute atomic E-state index is 0. The zero-order chi connectivity index (χ0) is 25.4. The number of piperidine rings is 1. The van der Waals surface area contributed by atoms with Crippen LogP contribution in [0.4, 0.5) is 0 Å². The molecule has 2 aliphatic heterocycles. The van der Waals surface area contributed by atoms with E-state index in [1.807, 2.05) is 68.1 Å². The molecular weight excluding hydrogens is 454 g/mol. The van der Waals surface area contributed by atoms with Gasteiger partial charge in [-0.1, -0.05) is 12.1 Å². The van der Waals surface area contributed by atoms with Gasteiger partial charge in [-0.3, -0.25) is 9.59 Å². The molecule has 3 aromatic rings. The van der Waals surface area contributed by atoms with Crippen LogP contribution in [0.1, 0.15) is 62.3 Å². The molecule has 1 aromatic heterocycles. The van der Waals surface area contributed by atoms with Crippen LogP contribution in [0.2, 0.25) is 0 Å². The molecule has 0 unspecified atom stereocenters. The van der Waals surface area contributed by atoms with E-state index in [2.05, 4.69) is 22.0 Å². The molecule has 2 aromatic carbocycles. The molecule has 1 spiro atoms. The van der Waals surface area contributed by atoms with Crippen molar-refractivity contribution in [3.05, 3.63) is 77.1 Å². The van der Waals surface area contributed by atoms with Crippen LogP contribution in [0.5, 0.6) is 11.5 Å². The lowest BCUT2D eigenvalue weighted by Gasteiger charge is -2.45. The fraction of sp³-hybridized carbons (Fsp3) is 0.379. The summed E-state index contributed by atoms with van der Waals surface area (Å²) in [5.41, 5.74) is 4.16. The van der Waals surface area contributed by atoms with Gasteiger partial charge in [0.1, 0.15) is 11.5 Å². The first-order valence-electron chi connectivity index (χ1n) is 12.6. The van der Waals surface area contributed by atoms with Gasteiger partial charge in [-0.2, -0.15) is 0 Å². The van der Waals surface area contributed by atoms with Crippen molar-refractivity contribution in [3.63, 3.8) is 0 Å². The zero-order valence-electron chi connectivity index (χ0n) is 21.3. The summed E-state index contributed by atoms with van der Waals surface area (Å²) in [6.07, 6.45) is 1.45. The van der Waals surface area contributed by atoms with Crippen LogP contribution in [-0.4, -0.2) is 40.5 Å². The predicted octanol–water partition coefficient (Wildman–Crippen LogP) is 4.98. The predicted molar refractivity (Wildman–Crippen MR) is 140 cm³/mol. The molecule has 1 saturated heterocycles. The highest BCUT2D eigenvalue weighted by atomic mass is 16.5. The van der Waals surface area contributed by atoms with Gasteiger partial charge >= 0.3 is 0 Å². The third-order valence-corrected chi connectivity index (χ3v) is 7.00. The third kappa shape index (κ3) is 4.34. The zero-order valence-corrected chi connectivity index (χ0v) is 21.3. The van der Waals surface area contributed by atoms with Crippen molar-refractivity contribution < 1.29 is 20.5 Å². The van der Waals surface area contributed by atoms with Gasteiger partial charge in [-0.05, 0) is 68.8 Å². The third-order valence-electron chi connectivity index (χ3n) is 7.00. The molecule has 3 heterocycles. The molecular formula is C29H35N3O4. The number of aryl methyl sites for hydroxylation is 1. The monoisotopic (exact) mass is 489 g/mol. The van der Waals surface area contributed by atoms with E-state index >= 15 is 0 Å². The SMILES string of the molecule is CC(=O)NCc1ccc2n1-c1ccccc1OC21CCN(C(=O)c2ccc(OC(C)C)c(C)c2)CC1.[HH]. The highest BCUT2D eigenvalue weighted by Gasteiger charge is 2.45. The van der Waals surface area contributed by atoms with Crippen molar-refractivity contribution in [1.82, 2.24) is 14.8 Å². The Morgan fingerprint density at radius 1 is 1.11 bits per heavy atom. The molecule has 0 bridgehead atoms. The maximum atomic E-state index is 13.4. The number of hydrogen-bond acceptors (Lipinski definition) is 4. The Labute approximate surface area is 213 Å². The van der Waals surface area contributed by atoms with E-state index in [0.717, 1.165) is 34.1 Å². The van der Waals surface area contributed by atoms with Crippen molar-refractivity contribution in [2.75, 3.05) is 13.1 Å². The van der Waals surface area contributed by atoms with Crippen LogP contribution in [0, 0.1) is 6.92 Å². The van der Waals surface area contributed by atoms with Crippen molar-refractivity contribution in [2.45, 2.75) is 58.8 Å². The number of para-hydroxylation sites is 2. The Balaban J connectivity index is 0.00000320. The van der Waals surface area contributed by atoms with Crippen LogP contribution in [0.15, 0.2) is 54.6 Å². The summed E-state index contributed by atoms with van der Waals surface area (Å²) < 4.78 is 14.7. The highest BCUT2D eigenvalue weighted by Crippen LogP contribution is 2.46. The van der Waals surface area contributed by atoms with E-state index in [9.17, 15) is 9.59 Å². The Morgan fingerprint density at radius 3 is 2.56 bits per heavy atom. The van der Waals surface area contributed by atoms with Crippen LogP contribution < -0.4 is 14.8 Å². The second-order valence-corrected chi connectivity index (χ2v) is 9.96. The smallest absolute Gasteiger partial charge is 0.253 e. The lowest BCUT2D eigenvalue weighted by Crippen LogP contribution is -2.50. The summed E-state index contributed by atoms with van der Waals surface area (Å²) in [6, 6.07) is 17.8. The largest absolute Gasteiger partial charge is 0.491 e. The quantitative estimate of drug-likeness (QED) is 0.549.